The van der Waals surface area contributed by atoms with Crippen molar-refractivity contribution >= 4 is 15.7 Å². The van der Waals surface area contributed by atoms with Gasteiger partial charge >= 0.3 is 0 Å². The number of ether oxygens (including phenoxy) is 1. The molecule has 5 nitrogen and oxygen atoms in total. The van der Waals surface area contributed by atoms with E-state index in [4.69, 9.17) is 4.74 Å². The van der Waals surface area contributed by atoms with E-state index in [1.54, 1.807) is 18.2 Å². The van der Waals surface area contributed by atoms with Crippen molar-refractivity contribution in [3.63, 3.8) is 0 Å². The summed E-state index contributed by atoms with van der Waals surface area (Å²) in [6.07, 6.45) is 1.96. The number of fused-ring (bicyclic) bond motifs is 1. The van der Waals surface area contributed by atoms with Crippen LogP contribution < -0.4 is 9.46 Å². The molecule has 104 valence electrons. The van der Waals surface area contributed by atoms with Gasteiger partial charge in [0.15, 0.2) is 5.82 Å². The fourth-order valence-corrected chi connectivity index (χ4v) is 3.08. The third kappa shape index (κ3) is 2.32. The third-order valence-electron chi connectivity index (χ3n) is 2.92. The number of pyridine rings is 1. The predicted molar refractivity (Wildman–Crippen MR) is 70.6 cm³/mol. The lowest BCUT2D eigenvalue weighted by molar-refractivity contribution is 0.357. The van der Waals surface area contributed by atoms with Crippen molar-refractivity contribution in [3.05, 3.63) is 47.9 Å². The lowest BCUT2D eigenvalue weighted by Crippen LogP contribution is -2.16. The third-order valence-corrected chi connectivity index (χ3v) is 4.23. The van der Waals surface area contributed by atoms with Gasteiger partial charge < -0.3 is 4.74 Å². The molecule has 0 saturated heterocycles. The molecule has 1 aliphatic rings. The summed E-state index contributed by atoms with van der Waals surface area (Å²) in [5.41, 5.74) is 1.28. The Balaban J connectivity index is 1.93. The zero-order chi connectivity index (χ0) is 14.2. The zero-order valence-corrected chi connectivity index (χ0v) is 11.2. The van der Waals surface area contributed by atoms with E-state index in [0.29, 0.717) is 12.3 Å². The van der Waals surface area contributed by atoms with E-state index in [1.807, 2.05) is 0 Å². The quantitative estimate of drug-likeness (QED) is 0.939. The van der Waals surface area contributed by atoms with Crippen LogP contribution in [0.3, 0.4) is 0 Å². The van der Waals surface area contributed by atoms with Gasteiger partial charge in [-0.05, 0) is 35.9 Å². The molecular formula is C13H11FN2O3S. The first-order valence-corrected chi connectivity index (χ1v) is 7.44. The monoisotopic (exact) mass is 294 g/mol. The van der Waals surface area contributed by atoms with E-state index in [1.165, 1.54) is 12.3 Å². The van der Waals surface area contributed by atoms with Crippen LogP contribution in [0.1, 0.15) is 5.56 Å². The molecule has 1 aromatic heterocycles. The molecule has 3 rings (SSSR count). The number of rotatable bonds is 3. The van der Waals surface area contributed by atoms with Crippen LogP contribution in [0.15, 0.2) is 41.6 Å². The highest BCUT2D eigenvalue weighted by Gasteiger charge is 2.21. The van der Waals surface area contributed by atoms with Crippen LogP contribution in [0.2, 0.25) is 0 Å². The van der Waals surface area contributed by atoms with E-state index < -0.39 is 20.9 Å². The zero-order valence-electron chi connectivity index (χ0n) is 10.3. The number of halogens is 1. The molecule has 0 amide bonds. The van der Waals surface area contributed by atoms with Gasteiger partial charge in [-0.1, -0.05) is 0 Å². The van der Waals surface area contributed by atoms with Crippen molar-refractivity contribution in [2.75, 3.05) is 11.3 Å². The molecule has 2 heterocycles. The second-order valence-corrected chi connectivity index (χ2v) is 5.91. The molecule has 0 radical (unpaired) electrons. The summed E-state index contributed by atoms with van der Waals surface area (Å²) >= 11 is 0. The largest absolute Gasteiger partial charge is 0.493 e. The van der Waals surface area contributed by atoms with Gasteiger partial charge in [-0.2, -0.15) is 8.42 Å². The number of benzene rings is 1. The Bertz CT molecular complexity index is 762. The maximum absolute atomic E-state index is 13.5. The minimum atomic E-state index is -4.04. The van der Waals surface area contributed by atoms with Gasteiger partial charge in [0.2, 0.25) is 5.03 Å². The van der Waals surface area contributed by atoms with E-state index in [9.17, 15) is 12.8 Å². The number of nitrogens with zero attached hydrogens (tertiary/aromatic N) is 1. The van der Waals surface area contributed by atoms with Gasteiger partial charge in [-0.3, -0.25) is 4.72 Å². The molecule has 0 unspecified atom stereocenters. The fourth-order valence-electron chi connectivity index (χ4n) is 2.02. The summed E-state index contributed by atoms with van der Waals surface area (Å²) in [5, 5.41) is -0.614. The first kappa shape index (κ1) is 12.9. The number of nitrogens with one attached hydrogen (secondary N) is 1. The molecule has 1 aromatic carbocycles. The Hall–Kier alpha value is -2.15. The standard InChI is InChI=1S/C13H11FN2O3S/c14-11-2-1-6-15-13(11)20(17,18)16-10-3-4-12-9(8-10)5-7-19-12/h1-4,6,8,16H,5,7H2. The Morgan fingerprint density at radius 3 is 2.95 bits per heavy atom. The fraction of sp³-hybridized carbons (Fsp3) is 0.154. The smallest absolute Gasteiger partial charge is 0.282 e. The number of aromatic nitrogens is 1. The number of anilines is 1. The van der Waals surface area contributed by atoms with Crippen molar-refractivity contribution in [2.24, 2.45) is 0 Å². The van der Waals surface area contributed by atoms with Gasteiger partial charge in [0.1, 0.15) is 5.75 Å². The Morgan fingerprint density at radius 2 is 2.15 bits per heavy atom. The maximum Gasteiger partial charge on any atom is 0.282 e. The van der Waals surface area contributed by atoms with Gasteiger partial charge in [-0.15, -0.1) is 0 Å². The summed E-state index contributed by atoms with van der Waals surface area (Å²) in [6, 6.07) is 7.33. The van der Waals surface area contributed by atoms with Crippen molar-refractivity contribution < 1.29 is 17.5 Å². The Kier molecular flexibility index (Phi) is 3.06. The molecule has 7 heteroatoms. The van der Waals surface area contributed by atoms with E-state index in [-0.39, 0.29) is 0 Å². The SMILES string of the molecule is O=S(=O)(Nc1ccc2c(c1)CCO2)c1ncccc1F. The molecule has 0 saturated carbocycles. The molecule has 0 aliphatic carbocycles. The second-order valence-electron chi connectivity index (χ2n) is 4.32. The average molecular weight is 294 g/mol. The van der Waals surface area contributed by atoms with Crippen LogP contribution in [0.25, 0.3) is 0 Å². The molecule has 2 aromatic rings. The van der Waals surface area contributed by atoms with Crippen molar-refractivity contribution in [1.82, 2.24) is 4.98 Å². The Morgan fingerprint density at radius 1 is 1.30 bits per heavy atom. The van der Waals surface area contributed by atoms with E-state index in [2.05, 4.69) is 9.71 Å². The van der Waals surface area contributed by atoms with Gasteiger partial charge in [0, 0.05) is 18.3 Å². The highest BCUT2D eigenvalue weighted by molar-refractivity contribution is 7.92. The average Bonchev–Trinajstić information content (AvgIpc) is 2.86. The summed E-state index contributed by atoms with van der Waals surface area (Å²) < 4.78 is 45.3. The molecule has 1 aliphatic heterocycles. The lowest BCUT2D eigenvalue weighted by Gasteiger charge is -2.09. The number of hydrogen-bond acceptors (Lipinski definition) is 4. The first-order chi connectivity index (χ1) is 9.56. The number of hydrogen-bond donors (Lipinski definition) is 1. The molecule has 0 fully saturated rings. The van der Waals surface area contributed by atoms with Gasteiger partial charge in [0.25, 0.3) is 10.0 Å². The second kappa shape index (κ2) is 4.75. The highest BCUT2D eigenvalue weighted by atomic mass is 32.2. The maximum atomic E-state index is 13.5. The molecular weight excluding hydrogens is 283 g/mol. The van der Waals surface area contributed by atoms with Crippen molar-refractivity contribution in [1.29, 1.82) is 0 Å². The van der Waals surface area contributed by atoms with Crippen LogP contribution >= 0.6 is 0 Å². The van der Waals surface area contributed by atoms with Gasteiger partial charge in [-0.25, -0.2) is 9.37 Å². The molecule has 0 atom stereocenters. The lowest BCUT2D eigenvalue weighted by atomic mass is 10.1. The highest BCUT2D eigenvalue weighted by Crippen LogP contribution is 2.28. The predicted octanol–water partition coefficient (Wildman–Crippen LogP) is 1.96. The summed E-state index contributed by atoms with van der Waals surface area (Å²) in [7, 11) is -4.04. The number of sulfonamides is 1. The minimum Gasteiger partial charge on any atom is -0.493 e. The van der Waals surface area contributed by atoms with E-state index >= 15 is 0 Å². The van der Waals surface area contributed by atoms with Crippen LogP contribution in [-0.2, 0) is 16.4 Å². The molecule has 20 heavy (non-hydrogen) atoms. The molecule has 0 spiro atoms. The van der Waals surface area contributed by atoms with Crippen molar-refractivity contribution in [2.45, 2.75) is 11.4 Å². The topological polar surface area (TPSA) is 68.3 Å². The van der Waals surface area contributed by atoms with Gasteiger partial charge in [0.05, 0.1) is 6.61 Å². The van der Waals surface area contributed by atoms with Crippen LogP contribution in [-0.4, -0.2) is 20.0 Å². The Labute approximate surface area is 115 Å². The summed E-state index contributed by atoms with van der Waals surface area (Å²) in [5.74, 6) is -0.138. The van der Waals surface area contributed by atoms with Crippen LogP contribution in [0, 0.1) is 5.82 Å². The minimum absolute atomic E-state index is 0.360. The van der Waals surface area contributed by atoms with Crippen LogP contribution in [0.5, 0.6) is 5.75 Å². The van der Waals surface area contributed by atoms with Crippen molar-refractivity contribution in [3.8, 4) is 5.75 Å². The van der Waals surface area contributed by atoms with E-state index in [0.717, 1.165) is 23.8 Å². The molecule has 1 N–H and O–H groups in total. The molecule has 0 bridgehead atoms. The summed E-state index contributed by atoms with van der Waals surface area (Å²) in [6.45, 7) is 0.584. The first-order valence-electron chi connectivity index (χ1n) is 5.95. The van der Waals surface area contributed by atoms with Crippen LogP contribution in [0.4, 0.5) is 10.1 Å². The normalized spacial score (nSPS) is 13.7. The summed E-state index contributed by atoms with van der Waals surface area (Å²) in [4.78, 5) is 3.57.